The second kappa shape index (κ2) is 4.60. The number of aliphatic hydroxyl groups is 1. The van der Waals surface area contributed by atoms with Gasteiger partial charge in [0.25, 0.3) is 0 Å². The van der Waals surface area contributed by atoms with Crippen molar-refractivity contribution >= 4 is 17.3 Å². The summed E-state index contributed by atoms with van der Waals surface area (Å²) < 4.78 is 12.9. The number of benzene rings is 1. The van der Waals surface area contributed by atoms with Crippen LogP contribution in [0.1, 0.15) is 25.7 Å². The maximum atomic E-state index is 12.9. The van der Waals surface area contributed by atoms with Crippen molar-refractivity contribution in [3.63, 3.8) is 0 Å². The van der Waals surface area contributed by atoms with Crippen LogP contribution in [0.5, 0.6) is 0 Å². The molecular weight excluding hydrogens is 229 g/mol. The monoisotopic (exact) mass is 242 g/mol. The zero-order chi connectivity index (χ0) is 11.6. The van der Waals surface area contributed by atoms with Gasteiger partial charge < -0.3 is 10.4 Å². The molecule has 1 atom stereocenters. The van der Waals surface area contributed by atoms with Crippen molar-refractivity contribution in [1.29, 1.82) is 0 Å². The van der Waals surface area contributed by atoms with Gasteiger partial charge in [0.1, 0.15) is 11.5 Å². The summed E-state index contributed by atoms with van der Waals surface area (Å²) in [5, 5.41) is 13.3. The van der Waals surface area contributed by atoms with Gasteiger partial charge in [-0.25, -0.2) is 4.39 Å². The minimum Gasteiger partial charge on any atom is -0.371 e. The van der Waals surface area contributed by atoms with Crippen molar-refractivity contribution in [2.75, 3.05) is 5.32 Å². The molecule has 1 unspecified atom stereocenters. The topological polar surface area (TPSA) is 32.3 Å². The molecule has 0 spiro atoms. The highest BCUT2D eigenvalue weighted by atomic mass is 35.5. The Labute approximate surface area is 99.4 Å². The summed E-state index contributed by atoms with van der Waals surface area (Å²) in [5.74, 6) is -0.450. The van der Waals surface area contributed by atoms with Gasteiger partial charge in [0, 0.05) is 5.69 Å². The van der Waals surface area contributed by atoms with Gasteiger partial charge in [-0.2, -0.15) is 0 Å². The number of rotatable bonds is 2. The molecule has 1 radical (unpaired) electrons. The van der Waals surface area contributed by atoms with Crippen LogP contribution in [0, 0.1) is 12.2 Å². The lowest BCUT2D eigenvalue weighted by Gasteiger charge is -2.33. The van der Waals surface area contributed by atoms with Crippen LogP contribution in [0.4, 0.5) is 10.1 Å². The maximum absolute atomic E-state index is 12.9. The van der Waals surface area contributed by atoms with Crippen LogP contribution in [-0.2, 0) is 0 Å². The van der Waals surface area contributed by atoms with E-state index in [1.54, 1.807) is 6.07 Å². The van der Waals surface area contributed by atoms with Crippen molar-refractivity contribution in [3.8, 4) is 0 Å². The highest BCUT2D eigenvalue weighted by Crippen LogP contribution is 2.30. The second-order valence-electron chi connectivity index (χ2n) is 4.17. The fraction of sp³-hybridized carbons (Fsp3) is 0.417. The van der Waals surface area contributed by atoms with Gasteiger partial charge in [0.15, 0.2) is 0 Å². The largest absolute Gasteiger partial charge is 0.371 e. The number of halogens is 2. The summed E-state index contributed by atoms with van der Waals surface area (Å²) in [4.78, 5) is 0. The third-order valence-corrected chi connectivity index (χ3v) is 3.07. The smallest absolute Gasteiger partial charge is 0.141 e. The minimum atomic E-state index is -0.917. The Morgan fingerprint density at radius 1 is 1.44 bits per heavy atom. The lowest BCUT2D eigenvalue weighted by molar-refractivity contribution is 0.0466. The molecule has 1 aromatic rings. The number of nitrogens with one attached hydrogen (secondary N) is 1. The lowest BCUT2D eigenvalue weighted by Crippen LogP contribution is -2.40. The normalized spacial score (nSPS) is 19.4. The van der Waals surface area contributed by atoms with E-state index in [0.29, 0.717) is 18.5 Å². The van der Waals surface area contributed by atoms with E-state index in [1.165, 1.54) is 12.1 Å². The van der Waals surface area contributed by atoms with Crippen LogP contribution in [-0.4, -0.2) is 10.8 Å². The molecule has 0 bridgehead atoms. The van der Waals surface area contributed by atoms with Crippen molar-refractivity contribution in [2.24, 2.45) is 0 Å². The first-order valence-corrected chi connectivity index (χ1v) is 5.74. The highest BCUT2D eigenvalue weighted by molar-refractivity contribution is 6.31. The SMILES string of the molecule is OC1(Nc2ccc(F)c(Cl)c2)C[CH]CCC1. The lowest BCUT2D eigenvalue weighted by atomic mass is 9.91. The summed E-state index contributed by atoms with van der Waals surface area (Å²) in [6.45, 7) is 0. The molecule has 87 valence electrons. The van der Waals surface area contributed by atoms with Crippen molar-refractivity contribution < 1.29 is 9.50 Å². The molecule has 1 aliphatic carbocycles. The van der Waals surface area contributed by atoms with Crippen molar-refractivity contribution in [2.45, 2.75) is 31.4 Å². The van der Waals surface area contributed by atoms with E-state index in [2.05, 4.69) is 11.7 Å². The molecule has 4 heteroatoms. The van der Waals surface area contributed by atoms with E-state index < -0.39 is 11.5 Å². The minimum absolute atomic E-state index is 0.0633. The molecule has 0 heterocycles. The quantitative estimate of drug-likeness (QED) is 0.780. The van der Waals surface area contributed by atoms with Crippen molar-refractivity contribution in [3.05, 3.63) is 35.5 Å². The predicted octanol–water partition coefficient (Wildman–Crippen LogP) is 3.36. The summed E-state index contributed by atoms with van der Waals surface area (Å²) in [6, 6.07) is 4.36. The second-order valence-corrected chi connectivity index (χ2v) is 4.58. The Hall–Kier alpha value is -0.800. The Kier molecular flexibility index (Phi) is 3.36. The molecule has 0 aromatic heterocycles. The van der Waals surface area contributed by atoms with Gasteiger partial charge >= 0.3 is 0 Å². The van der Waals surface area contributed by atoms with E-state index in [1.807, 2.05) is 0 Å². The van der Waals surface area contributed by atoms with Gasteiger partial charge in [-0.15, -0.1) is 0 Å². The van der Waals surface area contributed by atoms with Crippen molar-refractivity contribution in [1.82, 2.24) is 0 Å². The molecule has 1 saturated carbocycles. The van der Waals surface area contributed by atoms with Crippen LogP contribution in [0.25, 0.3) is 0 Å². The molecule has 2 rings (SSSR count). The molecule has 1 fully saturated rings. The molecule has 0 amide bonds. The van der Waals surface area contributed by atoms with Crippen LogP contribution in [0.3, 0.4) is 0 Å². The molecule has 16 heavy (non-hydrogen) atoms. The zero-order valence-corrected chi connectivity index (χ0v) is 9.60. The van der Waals surface area contributed by atoms with Gasteiger partial charge in [-0.1, -0.05) is 11.6 Å². The first kappa shape index (κ1) is 11.7. The van der Waals surface area contributed by atoms with E-state index >= 15 is 0 Å². The Morgan fingerprint density at radius 3 is 2.88 bits per heavy atom. The summed E-state index contributed by atoms with van der Waals surface area (Å²) in [6.07, 6.45) is 5.34. The Bertz CT molecular complexity index is 377. The average Bonchev–Trinajstić information content (AvgIpc) is 2.24. The molecule has 1 aliphatic rings. The molecule has 0 aliphatic heterocycles. The van der Waals surface area contributed by atoms with Crippen LogP contribution in [0.15, 0.2) is 18.2 Å². The average molecular weight is 243 g/mol. The van der Waals surface area contributed by atoms with Gasteiger partial charge in [-0.3, -0.25) is 0 Å². The Morgan fingerprint density at radius 2 is 2.25 bits per heavy atom. The highest BCUT2D eigenvalue weighted by Gasteiger charge is 2.28. The number of anilines is 1. The molecule has 0 saturated heterocycles. The first-order chi connectivity index (χ1) is 7.59. The summed E-state index contributed by atoms with van der Waals surface area (Å²) in [7, 11) is 0. The van der Waals surface area contributed by atoms with Gasteiger partial charge in [-0.05, 0) is 50.3 Å². The summed E-state index contributed by atoms with van der Waals surface area (Å²) >= 11 is 5.67. The van der Waals surface area contributed by atoms with Crippen LogP contribution < -0.4 is 5.32 Å². The maximum Gasteiger partial charge on any atom is 0.141 e. The molecular formula is C12H14ClFNO. The number of hydrogen-bond donors (Lipinski definition) is 2. The Balaban J connectivity index is 2.10. The van der Waals surface area contributed by atoms with E-state index in [-0.39, 0.29) is 5.02 Å². The molecule has 1 aromatic carbocycles. The fourth-order valence-electron chi connectivity index (χ4n) is 1.94. The summed E-state index contributed by atoms with van der Waals surface area (Å²) in [5.41, 5.74) is -0.274. The third kappa shape index (κ3) is 2.66. The van der Waals surface area contributed by atoms with E-state index in [9.17, 15) is 9.50 Å². The standard InChI is InChI=1S/C12H14ClFNO/c13-10-8-9(4-5-11(10)14)15-12(16)6-2-1-3-7-12/h2,4-5,8,15-16H,1,3,6-7H2. The first-order valence-electron chi connectivity index (χ1n) is 5.36. The fourth-order valence-corrected chi connectivity index (χ4v) is 2.12. The van der Waals surface area contributed by atoms with E-state index in [4.69, 9.17) is 11.6 Å². The number of hydrogen-bond acceptors (Lipinski definition) is 2. The van der Waals surface area contributed by atoms with Gasteiger partial charge in [0.2, 0.25) is 0 Å². The molecule has 2 N–H and O–H groups in total. The predicted molar refractivity (Wildman–Crippen MR) is 62.8 cm³/mol. The van der Waals surface area contributed by atoms with Gasteiger partial charge in [0.05, 0.1) is 5.02 Å². The van der Waals surface area contributed by atoms with Crippen LogP contribution in [0.2, 0.25) is 5.02 Å². The third-order valence-electron chi connectivity index (χ3n) is 2.78. The zero-order valence-electron chi connectivity index (χ0n) is 8.84. The van der Waals surface area contributed by atoms with Crippen LogP contribution >= 0.6 is 11.6 Å². The van der Waals surface area contributed by atoms with E-state index in [0.717, 1.165) is 12.8 Å². The molecule has 2 nitrogen and oxygen atoms in total.